The first-order valence-electron chi connectivity index (χ1n) is 12.8. The second kappa shape index (κ2) is 11.6. The fourth-order valence-electron chi connectivity index (χ4n) is 5.05. The third kappa shape index (κ3) is 5.66. The van der Waals surface area contributed by atoms with Gasteiger partial charge in [-0.2, -0.15) is 5.26 Å². The summed E-state index contributed by atoms with van der Waals surface area (Å²) in [5.41, 5.74) is 1.15. The van der Waals surface area contributed by atoms with Crippen molar-refractivity contribution in [3.05, 3.63) is 100.0 Å². The van der Waals surface area contributed by atoms with Crippen molar-refractivity contribution in [2.45, 2.75) is 30.8 Å². The molecular weight excluding hydrogens is 571 g/mol. The average molecular weight is 594 g/mol. The predicted molar refractivity (Wildman–Crippen MR) is 149 cm³/mol. The zero-order valence-corrected chi connectivity index (χ0v) is 22.8. The highest BCUT2D eigenvalue weighted by atomic mass is 35.5. The standard InChI is InChI=1S/C30H23ClF3N5O3/c1-39(18(14-35)12-20-19-9-16(31)6-7-24(19)37-28(20)40)30(42)27(8-15-4-2-3-5-22(15)33)38-29(41)26-13-21-23(34)10-17(32)11-25(21)36-26/h2-7,9-11,13,18,20,27,36H,8,12H2,1H3,(H,37,40)(H,38,41). The first-order chi connectivity index (χ1) is 20.0. The predicted octanol–water partition coefficient (Wildman–Crippen LogP) is 5.06. The van der Waals surface area contributed by atoms with Gasteiger partial charge in [0.15, 0.2) is 0 Å². The summed E-state index contributed by atoms with van der Waals surface area (Å²) in [5.74, 6) is -5.01. The summed E-state index contributed by atoms with van der Waals surface area (Å²) in [5, 5.41) is 15.6. The molecule has 3 atom stereocenters. The van der Waals surface area contributed by atoms with E-state index in [1.165, 1.54) is 31.3 Å². The Morgan fingerprint density at radius 2 is 1.86 bits per heavy atom. The van der Waals surface area contributed by atoms with Gasteiger partial charge in [-0.15, -0.1) is 0 Å². The minimum Gasteiger partial charge on any atom is -0.350 e. The van der Waals surface area contributed by atoms with Crippen LogP contribution in [-0.4, -0.2) is 46.7 Å². The molecule has 1 aliphatic heterocycles. The third-order valence-electron chi connectivity index (χ3n) is 7.27. The average Bonchev–Trinajstić information content (AvgIpc) is 3.52. The van der Waals surface area contributed by atoms with E-state index in [1.807, 2.05) is 6.07 Å². The molecule has 0 radical (unpaired) electrons. The largest absolute Gasteiger partial charge is 0.350 e. The summed E-state index contributed by atoms with van der Waals surface area (Å²) < 4.78 is 42.5. The summed E-state index contributed by atoms with van der Waals surface area (Å²) in [7, 11) is 1.35. The van der Waals surface area contributed by atoms with Gasteiger partial charge in [-0.3, -0.25) is 14.4 Å². The Labute approximate surface area is 243 Å². The van der Waals surface area contributed by atoms with Crippen LogP contribution in [0.15, 0.2) is 60.7 Å². The zero-order chi connectivity index (χ0) is 30.1. The molecule has 5 rings (SSSR count). The van der Waals surface area contributed by atoms with Gasteiger partial charge in [-0.05, 0) is 53.9 Å². The van der Waals surface area contributed by atoms with Gasteiger partial charge in [0.2, 0.25) is 11.8 Å². The molecule has 214 valence electrons. The van der Waals surface area contributed by atoms with Crippen LogP contribution in [0.5, 0.6) is 0 Å². The molecule has 3 amide bonds. The minimum absolute atomic E-state index is 0.0320. The lowest BCUT2D eigenvalue weighted by Gasteiger charge is -2.29. The first-order valence-corrected chi connectivity index (χ1v) is 13.2. The van der Waals surface area contributed by atoms with Crippen LogP contribution in [0, 0.1) is 28.8 Å². The van der Waals surface area contributed by atoms with E-state index >= 15 is 0 Å². The number of rotatable bonds is 8. The van der Waals surface area contributed by atoms with E-state index in [-0.39, 0.29) is 40.9 Å². The van der Waals surface area contributed by atoms with Gasteiger partial charge in [-0.1, -0.05) is 29.8 Å². The number of nitrogens with zero attached hydrogens (tertiary/aromatic N) is 2. The number of aromatic nitrogens is 1. The van der Waals surface area contributed by atoms with E-state index in [4.69, 9.17) is 11.6 Å². The number of nitrogens with one attached hydrogen (secondary N) is 3. The van der Waals surface area contributed by atoms with Crippen LogP contribution in [0.1, 0.15) is 34.0 Å². The molecule has 1 aliphatic rings. The fourth-order valence-corrected chi connectivity index (χ4v) is 5.23. The number of fused-ring (bicyclic) bond motifs is 2. The number of hydrogen-bond donors (Lipinski definition) is 3. The third-order valence-corrected chi connectivity index (χ3v) is 7.50. The number of hydrogen-bond acceptors (Lipinski definition) is 4. The van der Waals surface area contributed by atoms with Gasteiger partial charge in [0.1, 0.15) is 35.2 Å². The molecule has 4 aromatic rings. The number of carbonyl (C=O) groups excluding carboxylic acids is 3. The molecule has 1 aromatic heterocycles. The molecule has 0 bridgehead atoms. The topological polar surface area (TPSA) is 118 Å². The summed E-state index contributed by atoms with van der Waals surface area (Å²) in [6.45, 7) is 0. The van der Waals surface area contributed by atoms with E-state index in [0.29, 0.717) is 22.3 Å². The lowest BCUT2D eigenvalue weighted by atomic mass is 9.92. The van der Waals surface area contributed by atoms with Gasteiger partial charge < -0.3 is 20.5 Å². The molecule has 42 heavy (non-hydrogen) atoms. The van der Waals surface area contributed by atoms with Crippen LogP contribution in [0.2, 0.25) is 5.02 Å². The molecule has 2 heterocycles. The van der Waals surface area contributed by atoms with E-state index < -0.39 is 47.3 Å². The van der Waals surface area contributed by atoms with Crippen molar-refractivity contribution in [3.8, 4) is 6.07 Å². The molecule has 0 fully saturated rings. The highest BCUT2D eigenvalue weighted by Gasteiger charge is 2.36. The second-order valence-corrected chi connectivity index (χ2v) is 10.4. The van der Waals surface area contributed by atoms with E-state index in [1.54, 1.807) is 24.3 Å². The van der Waals surface area contributed by atoms with Crippen molar-refractivity contribution in [2.24, 2.45) is 0 Å². The molecule has 0 aliphatic carbocycles. The number of amides is 3. The number of aromatic amines is 1. The Balaban J connectivity index is 1.41. The second-order valence-electron chi connectivity index (χ2n) is 9.96. The highest BCUT2D eigenvalue weighted by molar-refractivity contribution is 6.31. The van der Waals surface area contributed by atoms with Crippen LogP contribution in [-0.2, 0) is 16.0 Å². The number of carbonyl (C=O) groups is 3. The molecule has 12 heteroatoms. The summed E-state index contributed by atoms with van der Waals surface area (Å²) in [6.07, 6.45) is -0.337. The van der Waals surface area contributed by atoms with Crippen molar-refractivity contribution in [3.63, 3.8) is 0 Å². The van der Waals surface area contributed by atoms with Crippen LogP contribution in [0.3, 0.4) is 0 Å². The molecule has 3 unspecified atom stereocenters. The maximum Gasteiger partial charge on any atom is 0.268 e. The zero-order valence-electron chi connectivity index (χ0n) is 22.1. The Hall–Kier alpha value is -4.82. The molecule has 3 aromatic carbocycles. The Morgan fingerprint density at radius 3 is 2.60 bits per heavy atom. The molecule has 0 spiro atoms. The fraction of sp³-hybridized carbons (Fsp3) is 0.200. The van der Waals surface area contributed by atoms with Gasteiger partial charge >= 0.3 is 0 Å². The van der Waals surface area contributed by atoms with Gasteiger partial charge in [-0.25, -0.2) is 13.2 Å². The van der Waals surface area contributed by atoms with E-state index in [9.17, 15) is 32.8 Å². The first kappa shape index (κ1) is 28.7. The number of nitriles is 1. The number of H-pyrrole nitrogens is 1. The summed E-state index contributed by atoms with van der Waals surface area (Å²) in [4.78, 5) is 43.4. The van der Waals surface area contributed by atoms with E-state index in [2.05, 4.69) is 15.6 Å². The van der Waals surface area contributed by atoms with Crippen LogP contribution < -0.4 is 10.6 Å². The van der Waals surface area contributed by atoms with Crippen LogP contribution in [0.4, 0.5) is 18.9 Å². The summed E-state index contributed by atoms with van der Waals surface area (Å²) >= 11 is 6.11. The van der Waals surface area contributed by atoms with Gasteiger partial charge in [0.05, 0.1) is 17.5 Å². The smallest absolute Gasteiger partial charge is 0.268 e. The molecule has 3 N–H and O–H groups in total. The quantitative estimate of drug-likeness (QED) is 0.265. The molecule has 0 saturated carbocycles. The van der Waals surface area contributed by atoms with Crippen LogP contribution in [0.25, 0.3) is 10.9 Å². The van der Waals surface area contributed by atoms with Crippen LogP contribution >= 0.6 is 11.6 Å². The Morgan fingerprint density at radius 1 is 1.10 bits per heavy atom. The maximum absolute atomic E-state index is 14.6. The van der Waals surface area contributed by atoms with Crippen molar-refractivity contribution >= 4 is 45.9 Å². The van der Waals surface area contributed by atoms with Gasteiger partial charge in [0, 0.05) is 35.6 Å². The normalized spacial score (nSPS) is 15.4. The van der Waals surface area contributed by atoms with Crippen molar-refractivity contribution in [1.82, 2.24) is 15.2 Å². The SMILES string of the molecule is CN(C(=O)C(Cc1ccccc1F)NC(=O)c1cc2c(F)cc(F)cc2[nH]1)C(C#N)CC1C(=O)Nc2ccc(Cl)cc21. The van der Waals surface area contributed by atoms with Crippen molar-refractivity contribution < 1.29 is 27.6 Å². The molecule has 0 saturated heterocycles. The van der Waals surface area contributed by atoms with Crippen molar-refractivity contribution in [2.75, 3.05) is 12.4 Å². The molecule has 8 nitrogen and oxygen atoms in total. The lowest BCUT2D eigenvalue weighted by Crippen LogP contribution is -2.51. The van der Waals surface area contributed by atoms with Crippen molar-refractivity contribution in [1.29, 1.82) is 5.26 Å². The van der Waals surface area contributed by atoms with E-state index in [0.717, 1.165) is 11.0 Å². The Bertz CT molecular complexity index is 1770. The maximum atomic E-state index is 14.6. The minimum atomic E-state index is -1.36. The monoisotopic (exact) mass is 593 g/mol. The highest BCUT2D eigenvalue weighted by Crippen LogP contribution is 2.37. The summed E-state index contributed by atoms with van der Waals surface area (Å²) in [6, 6.07) is 13.0. The van der Waals surface area contributed by atoms with Gasteiger partial charge in [0.25, 0.3) is 5.91 Å². The Kier molecular flexibility index (Phi) is 7.91. The molecular formula is C30H23ClF3N5O3. The number of likely N-dealkylation sites (N-methyl/N-ethyl adjacent to an activating group) is 1. The number of halogens is 4. The lowest BCUT2D eigenvalue weighted by molar-refractivity contribution is -0.133. The number of anilines is 1. The number of benzene rings is 3.